The molecule has 15 heteroatoms. The topological polar surface area (TPSA) is 77.3 Å². The van der Waals surface area contributed by atoms with Crippen LogP contribution in [0.15, 0.2) is 12.1 Å². The Kier molecular flexibility index (Phi) is 5.06. The number of alkyl halides is 9. The summed E-state index contributed by atoms with van der Waals surface area (Å²) < 4.78 is 123. The van der Waals surface area contributed by atoms with Crippen LogP contribution in [0.3, 0.4) is 0 Å². The lowest BCUT2D eigenvalue weighted by molar-refractivity contribution is -0.167. The second-order valence-electron chi connectivity index (χ2n) is 8.30. The van der Waals surface area contributed by atoms with Gasteiger partial charge in [-0.05, 0) is 38.5 Å². The number of aromatic nitrogens is 6. The van der Waals surface area contributed by atoms with Crippen LogP contribution in [0.1, 0.15) is 33.9 Å². The molecule has 0 fully saturated rings. The second-order valence-corrected chi connectivity index (χ2v) is 8.30. The maximum absolute atomic E-state index is 13.8. The number of halogens is 9. The third-order valence-corrected chi connectivity index (χ3v) is 5.63. The molecule has 2 aromatic carbocycles. The predicted octanol–water partition coefficient (Wildman–Crippen LogP) is 6.65. The Hall–Kier alpha value is -3.91. The Morgan fingerprint density at radius 3 is 1.30 bits per heavy atom. The molecule has 0 radical (unpaired) electrons. The molecule has 0 atom stereocenters. The summed E-state index contributed by atoms with van der Waals surface area (Å²) in [5, 5.41) is 0. The summed E-state index contributed by atoms with van der Waals surface area (Å²) in [4.78, 5) is 23.0. The van der Waals surface area contributed by atoms with Crippen LogP contribution >= 0.6 is 0 Å². The standard InChI is InChI=1S/C22H11F9N6/c1-6-4-9(20(23,24)25)11-10(5-6)34-14-12-13(33-8(3)7(2)32-12)16-17(15(14)35-11)37-19(22(29,30)31)18(36-16)21(26,27)28/h4-5H,1-3H3. The quantitative estimate of drug-likeness (QED) is 0.127. The molecule has 0 aliphatic heterocycles. The van der Waals surface area contributed by atoms with Gasteiger partial charge in [0.25, 0.3) is 0 Å². The van der Waals surface area contributed by atoms with Crippen molar-refractivity contribution >= 4 is 44.1 Å². The predicted molar refractivity (Wildman–Crippen MR) is 112 cm³/mol. The highest BCUT2D eigenvalue weighted by Gasteiger charge is 2.47. The zero-order valence-electron chi connectivity index (χ0n) is 18.7. The molecular formula is C22H11F9N6. The zero-order valence-corrected chi connectivity index (χ0v) is 18.7. The molecule has 192 valence electrons. The van der Waals surface area contributed by atoms with E-state index in [1.54, 1.807) is 0 Å². The van der Waals surface area contributed by atoms with Crippen LogP contribution in [0.5, 0.6) is 0 Å². The highest BCUT2D eigenvalue weighted by Crippen LogP contribution is 2.42. The molecule has 0 spiro atoms. The Labute approximate surface area is 199 Å². The van der Waals surface area contributed by atoms with Crippen molar-refractivity contribution in [1.82, 2.24) is 29.9 Å². The molecule has 3 aromatic heterocycles. The first-order chi connectivity index (χ1) is 17.0. The highest BCUT2D eigenvalue weighted by molar-refractivity contribution is 6.19. The molecule has 5 rings (SSSR count). The number of hydrogen-bond acceptors (Lipinski definition) is 6. The Morgan fingerprint density at radius 1 is 0.459 bits per heavy atom. The SMILES string of the molecule is Cc1cc(C(F)(F)F)c2nc3c4nc(C(F)(F)F)c(C(F)(F)F)nc4c4nc(C)c(C)nc4c3nc2c1. The maximum atomic E-state index is 13.8. The average Bonchev–Trinajstić information content (AvgIpc) is 2.76. The van der Waals surface area contributed by atoms with E-state index in [4.69, 9.17) is 0 Å². The number of fused-ring (bicyclic) bond motifs is 7. The van der Waals surface area contributed by atoms with Gasteiger partial charge in [-0.1, -0.05) is 0 Å². The number of hydrogen-bond donors (Lipinski definition) is 0. The lowest BCUT2D eigenvalue weighted by Crippen LogP contribution is -2.21. The van der Waals surface area contributed by atoms with Crippen molar-refractivity contribution in [3.05, 3.63) is 46.0 Å². The van der Waals surface area contributed by atoms with Crippen molar-refractivity contribution in [3.63, 3.8) is 0 Å². The fourth-order valence-corrected chi connectivity index (χ4v) is 3.94. The van der Waals surface area contributed by atoms with E-state index in [1.807, 2.05) is 0 Å². The summed E-state index contributed by atoms with van der Waals surface area (Å²) in [6, 6.07) is 2.05. The first-order valence-corrected chi connectivity index (χ1v) is 10.3. The van der Waals surface area contributed by atoms with Crippen molar-refractivity contribution in [2.24, 2.45) is 0 Å². The van der Waals surface area contributed by atoms with E-state index in [-0.39, 0.29) is 33.3 Å². The van der Waals surface area contributed by atoms with E-state index in [9.17, 15) is 39.5 Å². The van der Waals surface area contributed by atoms with Crippen molar-refractivity contribution < 1.29 is 39.5 Å². The van der Waals surface area contributed by atoms with Crippen LogP contribution in [0.25, 0.3) is 44.1 Å². The fraction of sp³-hybridized carbons (Fsp3) is 0.273. The van der Waals surface area contributed by atoms with E-state index in [0.717, 1.165) is 6.07 Å². The summed E-state index contributed by atoms with van der Waals surface area (Å²) >= 11 is 0. The largest absolute Gasteiger partial charge is 0.435 e. The van der Waals surface area contributed by atoms with Gasteiger partial charge in [-0.15, -0.1) is 0 Å². The van der Waals surface area contributed by atoms with Gasteiger partial charge in [0, 0.05) is 0 Å². The molecule has 0 saturated carbocycles. The summed E-state index contributed by atoms with van der Waals surface area (Å²) in [6.45, 7) is 4.36. The third kappa shape index (κ3) is 3.92. The molecule has 5 aromatic rings. The van der Waals surface area contributed by atoms with Crippen molar-refractivity contribution in [2.75, 3.05) is 0 Å². The molecule has 0 aliphatic rings. The van der Waals surface area contributed by atoms with E-state index in [1.165, 1.54) is 26.8 Å². The molecule has 0 amide bonds. The molecule has 6 nitrogen and oxygen atoms in total. The zero-order chi connectivity index (χ0) is 27.2. The second kappa shape index (κ2) is 7.55. The van der Waals surface area contributed by atoms with E-state index >= 15 is 0 Å². The van der Waals surface area contributed by atoms with Gasteiger partial charge in [0.2, 0.25) is 0 Å². The van der Waals surface area contributed by atoms with Gasteiger partial charge in [0.05, 0.1) is 22.5 Å². The lowest BCUT2D eigenvalue weighted by Gasteiger charge is -2.17. The maximum Gasteiger partial charge on any atom is 0.435 e. The van der Waals surface area contributed by atoms with Crippen LogP contribution in [0.2, 0.25) is 0 Å². The van der Waals surface area contributed by atoms with Crippen LogP contribution in [-0.4, -0.2) is 29.9 Å². The number of benzene rings is 2. The van der Waals surface area contributed by atoms with Crippen LogP contribution < -0.4 is 0 Å². The average molecular weight is 530 g/mol. The number of rotatable bonds is 0. The van der Waals surface area contributed by atoms with Gasteiger partial charge in [0.15, 0.2) is 11.4 Å². The summed E-state index contributed by atoms with van der Waals surface area (Å²) in [6.07, 6.45) is -16.1. The van der Waals surface area contributed by atoms with Gasteiger partial charge in [-0.3, -0.25) is 0 Å². The Bertz CT molecular complexity index is 1770. The van der Waals surface area contributed by atoms with Gasteiger partial charge < -0.3 is 0 Å². The molecule has 37 heavy (non-hydrogen) atoms. The molecule has 0 saturated heterocycles. The van der Waals surface area contributed by atoms with Crippen molar-refractivity contribution in [2.45, 2.75) is 39.3 Å². The minimum Gasteiger partial charge on any atom is -0.247 e. The van der Waals surface area contributed by atoms with Gasteiger partial charge in [-0.2, -0.15) is 39.5 Å². The third-order valence-electron chi connectivity index (χ3n) is 5.63. The molecule has 3 heterocycles. The van der Waals surface area contributed by atoms with E-state index in [2.05, 4.69) is 29.9 Å². The fourth-order valence-electron chi connectivity index (χ4n) is 3.94. The lowest BCUT2D eigenvalue weighted by atomic mass is 10.1. The van der Waals surface area contributed by atoms with Gasteiger partial charge >= 0.3 is 18.5 Å². The first kappa shape index (κ1) is 24.8. The van der Waals surface area contributed by atoms with Crippen LogP contribution in [-0.2, 0) is 18.5 Å². The smallest absolute Gasteiger partial charge is 0.247 e. The molecule has 0 aliphatic carbocycles. The summed E-state index contributed by atoms with van der Waals surface area (Å²) in [5.74, 6) is 0. The highest BCUT2D eigenvalue weighted by atomic mass is 19.4. The molecule has 0 unspecified atom stereocenters. The molecule has 0 bridgehead atoms. The van der Waals surface area contributed by atoms with E-state index in [0.29, 0.717) is 5.69 Å². The Balaban J connectivity index is 2.11. The van der Waals surface area contributed by atoms with Crippen molar-refractivity contribution in [3.8, 4) is 0 Å². The van der Waals surface area contributed by atoms with E-state index < -0.39 is 57.5 Å². The normalized spacial score (nSPS) is 13.4. The van der Waals surface area contributed by atoms with Crippen LogP contribution in [0.4, 0.5) is 39.5 Å². The van der Waals surface area contributed by atoms with Gasteiger partial charge in [-0.25, -0.2) is 29.9 Å². The van der Waals surface area contributed by atoms with Gasteiger partial charge in [0.1, 0.15) is 38.6 Å². The summed E-state index contributed by atoms with van der Waals surface area (Å²) in [7, 11) is 0. The minimum atomic E-state index is -5.60. The molecule has 0 N–H and O–H groups in total. The Morgan fingerprint density at radius 2 is 0.865 bits per heavy atom. The summed E-state index contributed by atoms with van der Waals surface area (Å²) in [5.41, 5.74) is -9.27. The molecular weight excluding hydrogens is 519 g/mol. The van der Waals surface area contributed by atoms with Crippen molar-refractivity contribution in [1.29, 1.82) is 0 Å². The first-order valence-electron chi connectivity index (χ1n) is 10.3. The number of aryl methyl sites for hydroxylation is 3. The number of nitrogens with zero attached hydrogens (tertiary/aromatic N) is 6. The van der Waals surface area contributed by atoms with Crippen LogP contribution in [0, 0.1) is 20.8 Å². The monoisotopic (exact) mass is 530 g/mol. The minimum absolute atomic E-state index is 0.172.